The molecule has 1 fully saturated rings. The van der Waals surface area contributed by atoms with Crippen LogP contribution in [-0.2, 0) is 22.6 Å². The molecule has 0 bridgehead atoms. The predicted molar refractivity (Wildman–Crippen MR) is 164 cm³/mol. The second-order valence-electron chi connectivity index (χ2n) is 12.4. The molecule has 4 heterocycles. The smallest absolute Gasteiger partial charge is 0.263 e. The number of morpholine rings is 1. The average molecular weight is 557 g/mol. The number of aromatic nitrogens is 3. The molecule has 0 N–H and O–H groups in total. The summed E-state index contributed by atoms with van der Waals surface area (Å²) in [5.41, 5.74) is 3.51. The summed E-state index contributed by atoms with van der Waals surface area (Å²) in [6, 6.07) is 8.29. The second-order valence-corrected chi connectivity index (χ2v) is 21.7. The van der Waals surface area contributed by atoms with E-state index in [1.54, 1.807) is 15.9 Å². The summed E-state index contributed by atoms with van der Waals surface area (Å²) in [4.78, 5) is 26.1. The number of pyridine rings is 1. The highest BCUT2D eigenvalue weighted by molar-refractivity contribution is 8.47. The van der Waals surface area contributed by atoms with Gasteiger partial charge in [-0.1, -0.05) is 6.07 Å². The number of fused-ring (bicyclic) bond motifs is 2. The maximum Gasteiger partial charge on any atom is 0.263 e. The molecular formula is C29H40N4O3S2. The van der Waals surface area contributed by atoms with Crippen molar-refractivity contribution in [2.75, 3.05) is 70.2 Å². The second kappa shape index (κ2) is 10.7. The van der Waals surface area contributed by atoms with Crippen LogP contribution in [0.15, 0.2) is 40.6 Å². The van der Waals surface area contributed by atoms with Gasteiger partial charge in [-0.25, -0.2) is 4.98 Å². The van der Waals surface area contributed by atoms with Gasteiger partial charge < -0.3 is 9.47 Å². The first-order valence-electron chi connectivity index (χ1n) is 13.3. The number of hydrogen-bond donors (Lipinski definition) is 1. The van der Waals surface area contributed by atoms with Gasteiger partial charge in [-0.3, -0.25) is 28.4 Å². The first-order chi connectivity index (χ1) is 18.0. The summed E-state index contributed by atoms with van der Waals surface area (Å²) in [7, 11) is -1.71. The van der Waals surface area contributed by atoms with Gasteiger partial charge in [0.15, 0.2) is 5.82 Å². The third-order valence-corrected chi connectivity index (χ3v) is 9.89. The Hall–Kier alpha value is -2.30. The molecule has 5 rings (SSSR count). The lowest BCUT2D eigenvalue weighted by atomic mass is 10.0. The number of aryl methyl sites for hydroxylation is 1. The van der Waals surface area contributed by atoms with Crippen LogP contribution in [-0.4, -0.2) is 89.7 Å². The summed E-state index contributed by atoms with van der Waals surface area (Å²) in [5, 5.41) is 3.80. The van der Waals surface area contributed by atoms with Gasteiger partial charge in [0.05, 0.1) is 35.4 Å². The summed E-state index contributed by atoms with van der Waals surface area (Å²) >= 11 is 1.66. The zero-order valence-electron chi connectivity index (χ0n) is 23.2. The number of hydrogen-bond acceptors (Lipinski definition) is 7. The highest BCUT2D eigenvalue weighted by Gasteiger charge is 2.20. The van der Waals surface area contributed by atoms with E-state index in [1.807, 2.05) is 25.3 Å². The fourth-order valence-electron chi connectivity index (χ4n) is 4.72. The van der Waals surface area contributed by atoms with E-state index in [2.05, 4.69) is 52.4 Å². The van der Waals surface area contributed by atoms with Gasteiger partial charge in [0, 0.05) is 25.8 Å². The van der Waals surface area contributed by atoms with Crippen LogP contribution in [0.3, 0.4) is 0 Å². The zero-order valence-corrected chi connectivity index (χ0v) is 24.9. The Morgan fingerprint density at radius 2 is 1.92 bits per heavy atom. The highest BCUT2D eigenvalue weighted by Crippen LogP contribution is 2.54. The molecular weight excluding hydrogens is 516 g/mol. The van der Waals surface area contributed by atoms with Crippen molar-refractivity contribution in [1.29, 1.82) is 0 Å². The van der Waals surface area contributed by atoms with Crippen molar-refractivity contribution in [3.63, 3.8) is 0 Å². The number of thiol groups is 1. The Morgan fingerprint density at radius 1 is 1.13 bits per heavy atom. The van der Waals surface area contributed by atoms with Gasteiger partial charge in [-0.15, -0.1) is 11.3 Å². The van der Waals surface area contributed by atoms with E-state index in [0.717, 1.165) is 71.8 Å². The van der Waals surface area contributed by atoms with Crippen LogP contribution in [0.2, 0.25) is 0 Å². The van der Waals surface area contributed by atoms with Gasteiger partial charge in [-0.05, 0) is 84.2 Å². The monoisotopic (exact) mass is 556 g/mol. The van der Waals surface area contributed by atoms with Crippen molar-refractivity contribution in [3.05, 3.63) is 57.3 Å². The van der Waals surface area contributed by atoms with Gasteiger partial charge in [0.25, 0.3) is 5.56 Å². The Labute approximate surface area is 229 Å². The lowest BCUT2D eigenvalue weighted by molar-refractivity contribution is 0.0384. The molecule has 0 radical (unpaired) electrons. The molecule has 206 valence electrons. The van der Waals surface area contributed by atoms with Gasteiger partial charge in [-0.2, -0.15) is 0 Å². The van der Waals surface area contributed by atoms with Crippen molar-refractivity contribution in [2.45, 2.75) is 20.1 Å². The largest absolute Gasteiger partial charge is 0.379 e. The quantitative estimate of drug-likeness (QED) is 0.243. The SMILES string of the molecule is Cc1cc(CCN2CCOCC2)cc2c(=O)n(COCC[SH](C)(C)(C)C)c(-c3cc4ccsc4cn3)nc12. The molecule has 0 spiro atoms. The van der Waals surface area contributed by atoms with E-state index < -0.39 is 9.16 Å². The molecule has 38 heavy (non-hydrogen) atoms. The van der Waals surface area contributed by atoms with Crippen LogP contribution < -0.4 is 5.56 Å². The molecule has 0 atom stereocenters. The highest BCUT2D eigenvalue weighted by atomic mass is 32.3. The minimum Gasteiger partial charge on any atom is -0.379 e. The lowest BCUT2D eigenvalue weighted by Crippen LogP contribution is -2.37. The standard InChI is InChI=1S/C29H40N4O3S2/c1-21-16-22(6-8-32-9-11-35-12-10-32)17-24-27(21)31-28(25-18-23-7-14-37-26(23)19-30-25)33(29(24)34)20-36-13-15-38(2,3,4)5/h7,14,16-19,38H,6,8-13,15,20H2,1-5H3. The maximum atomic E-state index is 14.0. The molecule has 1 aromatic carbocycles. The summed E-state index contributed by atoms with van der Waals surface area (Å²) in [6.45, 7) is 7.25. The fraction of sp³-hybridized carbons (Fsp3) is 0.483. The van der Waals surface area contributed by atoms with Crippen LogP contribution >= 0.6 is 20.5 Å². The van der Waals surface area contributed by atoms with Crippen LogP contribution in [0, 0.1) is 6.92 Å². The molecule has 7 nitrogen and oxygen atoms in total. The zero-order chi connectivity index (χ0) is 26.9. The van der Waals surface area contributed by atoms with E-state index in [4.69, 9.17) is 14.5 Å². The minimum atomic E-state index is -1.71. The molecule has 0 aliphatic carbocycles. The van der Waals surface area contributed by atoms with E-state index in [-0.39, 0.29) is 12.3 Å². The van der Waals surface area contributed by atoms with Crippen molar-refractivity contribution in [3.8, 4) is 11.5 Å². The van der Waals surface area contributed by atoms with Crippen LogP contribution in [0.25, 0.3) is 32.5 Å². The topological polar surface area (TPSA) is 69.5 Å². The molecule has 1 aliphatic rings. The molecule has 4 aromatic rings. The molecule has 1 aliphatic heterocycles. The molecule has 0 unspecified atom stereocenters. The van der Waals surface area contributed by atoms with Crippen molar-refractivity contribution in [1.82, 2.24) is 19.4 Å². The number of rotatable bonds is 9. The van der Waals surface area contributed by atoms with Crippen LogP contribution in [0.1, 0.15) is 11.1 Å². The lowest BCUT2D eigenvalue weighted by Gasteiger charge is -2.46. The third-order valence-electron chi connectivity index (χ3n) is 7.05. The fourth-order valence-corrected chi connectivity index (χ4v) is 6.32. The number of ether oxygens (including phenoxy) is 2. The average Bonchev–Trinajstić information content (AvgIpc) is 3.34. The third kappa shape index (κ3) is 6.46. The molecule has 0 saturated carbocycles. The predicted octanol–water partition coefficient (Wildman–Crippen LogP) is 4.42. The van der Waals surface area contributed by atoms with Crippen LogP contribution in [0.5, 0.6) is 0 Å². The summed E-state index contributed by atoms with van der Waals surface area (Å²) in [6.07, 6.45) is 12.1. The van der Waals surface area contributed by atoms with Gasteiger partial charge in [0.1, 0.15) is 12.4 Å². The first-order valence-corrected chi connectivity index (χ1v) is 18.4. The van der Waals surface area contributed by atoms with Crippen molar-refractivity contribution >= 4 is 41.5 Å². The molecule has 3 aromatic heterocycles. The number of benzene rings is 1. The Kier molecular flexibility index (Phi) is 7.68. The summed E-state index contributed by atoms with van der Waals surface area (Å²) < 4.78 is 14.4. The van der Waals surface area contributed by atoms with E-state index >= 15 is 0 Å². The van der Waals surface area contributed by atoms with Gasteiger partial charge >= 0.3 is 0 Å². The van der Waals surface area contributed by atoms with Crippen molar-refractivity contribution in [2.24, 2.45) is 0 Å². The van der Waals surface area contributed by atoms with E-state index in [0.29, 0.717) is 23.5 Å². The Morgan fingerprint density at radius 3 is 2.68 bits per heavy atom. The van der Waals surface area contributed by atoms with Crippen molar-refractivity contribution < 1.29 is 9.47 Å². The number of thiophene rings is 1. The Bertz CT molecular complexity index is 1500. The summed E-state index contributed by atoms with van der Waals surface area (Å²) in [5.74, 6) is 1.55. The van der Waals surface area contributed by atoms with Gasteiger partial charge in [0.2, 0.25) is 0 Å². The molecule has 1 saturated heterocycles. The number of nitrogens with zero attached hydrogens (tertiary/aromatic N) is 4. The van der Waals surface area contributed by atoms with E-state index in [9.17, 15) is 4.79 Å². The maximum absolute atomic E-state index is 14.0. The van der Waals surface area contributed by atoms with Crippen LogP contribution in [0.4, 0.5) is 0 Å². The Balaban J connectivity index is 1.52. The minimum absolute atomic E-state index is 0.0768. The molecule has 9 heteroatoms. The normalized spacial score (nSPS) is 16.2. The first kappa shape index (κ1) is 27.3. The van der Waals surface area contributed by atoms with E-state index in [1.165, 1.54) is 0 Å². The molecule has 0 amide bonds.